The molecule has 0 saturated carbocycles. The van der Waals surface area contributed by atoms with E-state index in [9.17, 15) is 67.8 Å². The van der Waals surface area contributed by atoms with Crippen LogP contribution in [0.4, 0.5) is 13.6 Å². The Balaban J connectivity index is 1.29. The van der Waals surface area contributed by atoms with Gasteiger partial charge in [0.2, 0.25) is 5.91 Å². The summed E-state index contributed by atoms with van der Waals surface area (Å²) < 4.78 is 34.2. The van der Waals surface area contributed by atoms with Gasteiger partial charge in [-0.3, -0.25) is 24.1 Å². The van der Waals surface area contributed by atoms with E-state index in [1.165, 1.54) is 0 Å². The highest BCUT2D eigenvalue weighted by Crippen LogP contribution is 2.35. The van der Waals surface area contributed by atoms with Crippen molar-refractivity contribution in [2.45, 2.75) is 18.4 Å². The molecular formula is C32H27BClF2N5O13. The maximum absolute atomic E-state index is 14.8. The van der Waals surface area contributed by atoms with Gasteiger partial charge in [-0.1, -0.05) is 23.7 Å². The van der Waals surface area contributed by atoms with E-state index in [2.05, 4.69) is 16.0 Å². The number of halogens is 3. The fraction of sp³-hybridized carbons (Fsp3) is 0.219. The Hall–Kier alpha value is -6.48. The molecule has 2 heterocycles. The van der Waals surface area contributed by atoms with Crippen molar-refractivity contribution >= 4 is 60.3 Å². The summed E-state index contributed by atoms with van der Waals surface area (Å²) in [6.45, 7) is -1.09. The van der Waals surface area contributed by atoms with Crippen molar-refractivity contribution < 1.29 is 72.4 Å². The summed E-state index contributed by atoms with van der Waals surface area (Å²) in [5, 5.41) is 55.1. The molecule has 0 radical (unpaired) electrons. The number of fused-ring (bicyclic) bond motifs is 1. The number of hydrogen-bond donors (Lipinski definition) is 8. The summed E-state index contributed by atoms with van der Waals surface area (Å²) >= 11 is 5.89. The summed E-state index contributed by atoms with van der Waals surface area (Å²) in [5.41, 5.74) is -2.09. The van der Waals surface area contributed by atoms with Gasteiger partial charge in [0.05, 0.1) is 22.1 Å². The molecule has 282 valence electrons. The van der Waals surface area contributed by atoms with E-state index in [1.807, 2.05) is 0 Å². The molecule has 1 saturated heterocycles. The lowest BCUT2D eigenvalue weighted by Crippen LogP contribution is -2.60. The van der Waals surface area contributed by atoms with Crippen molar-refractivity contribution in [3.63, 3.8) is 0 Å². The zero-order chi connectivity index (χ0) is 39.6. The normalized spacial score (nSPS) is 15.9. The molecule has 1 unspecified atom stereocenters. The number of carbonyl (C=O) groups is 7. The summed E-state index contributed by atoms with van der Waals surface area (Å²) in [7, 11) is -1.95. The van der Waals surface area contributed by atoms with Crippen LogP contribution in [0.25, 0.3) is 0 Å². The number of carbonyl (C=O) groups excluding carboxylic acids is 5. The third-order valence-electron chi connectivity index (χ3n) is 8.40. The van der Waals surface area contributed by atoms with Gasteiger partial charge in [-0.15, -0.1) is 0 Å². The van der Waals surface area contributed by atoms with Gasteiger partial charge >= 0.3 is 36.9 Å². The van der Waals surface area contributed by atoms with Gasteiger partial charge in [-0.05, 0) is 47.9 Å². The van der Waals surface area contributed by atoms with Gasteiger partial charge in [-0.2, -0.15) is 0 Å². The molecule has 0 spiro atoms. The van der Waals surface area contributed by atoms with Crippen molar-refractivity contribution in [1.29, 1.82) is 0 Å². The highest BCUT2D eigenvalue weighted by Gasteiger charge is 2.42. The summed E-state index contributed by atoms with van der Waals surface area (Å²) in [4.78, 5) is 89.9. The first-order valence-electron chi connectivity index (χ1n) is 15.6. The summed E-state index contributed by atoms with van der Waals surface area (Å²) in [6, 6.07) is 3.41. The molecule has 0 aliphatic carbocycles. The van der Waals surface area contributed by atoms with E-state index in [1.54, 1.807) is 0 Å². The summed E-state index contributed by atoms with van der Waals surface area (Å²) in [6.07, 6.45) is -0.310. The maximum Gasteiger partial charge on any atom is 0.547 e. The molecule has 6 amide bonds. The Morgan fingerprint density at radius 2 is 1.65 bits per heavy atom. The van der Waals surface area contributed by atoms with Gasteiger partial charge in [-0.25, -0.2) is 23.2 Å². The molecule has 0 aromatic heterocycles. The predicted molar refractivity (Wildman–Crippen MR) is 178 cm³/mol. The van der Waals surface area contributed by atoms with Gasteiger partial charge in [0, 0.05) is 26.2 Å². The van der Waals surface area contributed by atoms with Crippen LogP contribution in [-0.4, -0.2) is 116 Å². The first-order valence-corrected chi connectivity index (χ1v) is 16.0. The van der Waals surface area contributed by atoms with Crippen LogP contribution in [0.2, 0.25) is 5.02 Å². The number of imide groups is 1. The fourth-order valence-electron chi connectivity index (χ4n) is 5.62. The van der Waals surface area contributed by atoms with Crippen molar-refractivity contribution in [2.24, 2.45) is 0 Å². The number of aromatic hydroxyl groups is 2. The zero-order valence-electron chi connectivity index (χ0n) is 27.3. The van der Waals surface area contributed by atoms with Crippen LogP contribution in [0.1, 0.15) is 48.2 Å². The minimum absolute atomic E-state index is 0.0758. The Bertz CT molecular complexity index is 2110. The molecule has 22 heteroatoms. The molecule has 0 bridgehead atoms. The van der Waals surface area contributed by atoms with E-state index in [0.717, 1.165) is 41.3 Å². The molecule has 3 aromatic rings. The number of nitrogens with zero attached hydrogens (tertiary/aromatic N) is 2. The van der Waals surface area contributed by atoms with Gasteiger partial charge in [0.15, 0.2) is 11.5 Å². The Kier molecular flexibility index (Phi) is 11.2. The highest BCUT2D eigenvalue weighted by atomic mass is 35.5. The molecular weight excluding hydrogens is 747 g/mol. The third-order valence-corrected chi connectivity index (χ3v) is 8.78. The third kappa shape index (κ3) is 7.81. The monoisotopic (exact) mass is 773 g/mol. The fourth-order valence-corrected chi connectivity index (χ4v) is 5.87. The Morgan fingerprint density at radius 1 is 0.944 bits per heavy atom. The molecule has 2 aliphatic heterocycles. The number of urea groups is 1. The average Bonchev–Trinajstić information content (AvgIpc) is 3.11. The maximum atomic E-state index is 14.8. The Morgan fingerprint density at radius 3 is 2.31 bits per heavy atom. The average molecular weight is 774 g/mol. The van der Waals surface area contributed by atoms with Crippen molar-refractivity contribution in [2.75, 3.05) is 26.2 Å². The smallest absolute Gasteiger partial charge is 0.534 e. The molecule has 2 atom stereocenters. The number of rotatable bonds is 10. The van der Waals surface area contributed by atoms with E-state index >= 15 is 0 Å². The Labute approximate surface area is 307 Å². The van der Waals surface area contributed by atoms with Crippen molar-refractivity contribution in [1.82, 2.24) is 25.8 Å². The van der Waals surface area contributed by atoms with E-state index < -0.39 is 112 Å². The number of phenolic OH excluding ortho intramolecular Hbond substituents is 2. The van der Waals surface area contributed by atoms with Crippen molar-refractivity contribution in [3.8, 4) is 17.2 Å². The van der Waals surface area contributed by atoms with Crippen molar-refractivity contribution in [3.05, 3.63) is 86.9 Å². The topological polar surface area (TPSA) is 272 Å². The SMILES string of the molecule is O=C(O)c1ccc(C(NC(=O)N2CCN(CCNC(=O)c3ccc(O)c(O)c3Cl)C(=O)C2=O)C(=O)N[C@H]2Cc3ccc(F)c(C(=O)O)c3OB2O)cc1F. The molecule has 18 nitrogen and oxygen atoms in total. The van der Waals surface area contributed by atoms with Gasteiger partial charge < -0.3 is 51.0 Å². The van der Waals surface area contributed by atoms with Gasteiger partial charge in [0.25, 0.3) is 5.91 Å². The number of benzene rings is 3. The number of carboxylic acids is 2. The number of aromatic carboxylic acids is 2. The van der Waals surface area contributed by atoms with Crippen LogP contribution >= 0.6 is 11.6 Å². The lowest BCUT2D eigenvalue weighted by Gasteiger charge is -2.34. The molecule has 54 heavy (non-hydrogen) atoms. The second kappa shape index (κ2) is 15.6. The molecule has 8 N–H and O–H groups in total. The van der Waals surface area contributed by atoms with Crippen LogP contribution in [-0.2, 0) is 20.8 Å². The largest absolute Gasteiger partial charge is 0.547 e. The molecule has 2 aliphatic rings. The van der Waals surface area contributed by atoms with Gasteiger partial charge in [0.1, 0.15) is 29.0 Å². The number of piperazine rings is 1. The molecule has 1 fully saturated rings. The minimum atomic E-state index is -1.95. The van der Waals surface area contributed by atoms with Crippen LogP contribution in [0.15, 0.2) is 42.5 Å². The second-order valence-electron chi connectivity index (χ2n) is 11.8. The first-order chi connectivity index (χ1) is 25.5. The quantitative estimate of drug-likeness (QED) is 0.0789. The lowest BCUT2D eigenvalue weighted by molar-refractivity contribution is -0.153. The summed E-state index contributed by atoms with van der Waals surface area (Å²) in [5.74, 6) is -13.4. The molecule has 3 aromatic carbocycles. The van der Waals surface area contributed by atoms with E-state index in [-0.39, 0.29) is 42.7 Å². The second-order valence-corrected chi connectivity index (χ2v) is 12.1. The number of nitrogens with one attached hydrogen (secondary N) is 3. The standard InChI is InChI=1S/C32H27BClF2N5O13/c34-22-16(4-6-19(42)24(22)43)26(44)37-7-8-40-9-10-41(29(47)28(40)46)32(52)39-23(13-1-3-15(30(48)49)18(36)11-13)27(45)38-20-12-14-2-5-17(35)21(31(50)51)25(14)54-33(20)53/h1-6,11,20,23,42-43,53H,7-10,12H2,(H,37,44)(H,38,45)(H,39,52)(H,48,49)(H,50,51)/t20-,23?/m0/s1. The number of phenols is 2. The minimum Gasteiger partial charge on any atom is -0.534 e. The first kappa shape index (κ1) is 38.7. The zero-order valence-corrected chi connectivity index (χ0v) is 28.1. The van der Waals surface area contributed by atoms with E-state index in [0.29, 0.717) is 11.0 Å². The van der Waals surface area contributed by atoms with Crippen LogP contribution in [0, 0.1) is 11.6 Å². The number of amides is 6. The van der Waals surface area contributed by atoms with Crippen LogP contribution in [0.5, 0.6) is 17.2 Å². The number of carboxylic acid groups (broad SMARTS) is 2. The van der Waals surface area contributed by atoms with Crippen LogP contribution in [0.3, 0.4) is 0 Å². The molecule has 5 rings (SSSR count). The predicted octanol–water partition coefficient (Wildman–Crippen LogP) is 0.417. The number of hydrogen-bond acceptors (Lipinski definition) is 11. The highest BCUT2D eigenvalue weighted by molar-refractivity contribution is 6.47. The lowest BCUT2D eigenvalue weighted by atomic mass is 9.72. The van der Waals surface area contributed by atoms with Crippen LogP contribution < -0.4 is 20.6 Å². The van der Waals surface area contributed by atoms with E-state index in [4.69, 9.17) is 16.3 Å².